The maximum atomic E-state index is 12.4. The molecule has 2 N–H and O–H groups in total. The van der Waals surface area contributed by atoms with E-state index in [9.17, 15) is 13.2 Å². The summed E-state index contributed by atoms with van der Waals surface area (Å²) in [5.74, 6) is 0.714. The number of anilines is 1. The highest BCUT2D eigenvalue weighted by atomic mass is 35.5. The van der Waals surface area contributed by atoms with Crippen LogP contribution in [-0.2, 0) is 6.18 Å². The number of piperidine rings is 1. The summed E-state index contributed by atoms with van der Waals surface area (Å²) in [5, 5.41) is 6.19. The van der Waals surface area contributed by atoms with Crippen molar-refractivity contribution in [2.24, 2.45) is 5.92 Å². The zero-order valence-corrected chi connectivity index (χ0v) is 12.2. The lowest BCUT2D eigenvalue weighted by Gasteiger charge is -2.23. The quantitative estimate of drug-likeness (QED) is 0.893. The molecule has 1 saturated heterocycles. The molecule has 1 fully saturated rings. The SMILES string of the molecule is Cl.Cl.FC(F)(F)c1cc(NCC2CCNCC2)ncn1. The molecule has 0 aliphatic carbocycles. The fourth-order valence-corrected chi connectivity index (χ4v) is 1.94. The molecule has 0 saturated carbocycles. The van der Waals surface area contributed by atoms with Gasteiger partial charge in [-0.15, -0.1) is 24.8 Å². The van der Waals surface area contributed by atoms with Crippen LogP contribution in [-0.4, -0.2) is 29.6 Å². The number of rotatable bonds is 3. The molecule has 0 radical (unpaired) electrons. The van der Waals surface area contributed by atoms with Crippen molar-refractivity contribution in [1.82, 2.24) is 15.3 Å². The van der Waals surface area contributed by atoms with Crippen molar-refractivity contribution in [2.45, 2.75) is 19.0 Å². The molecule has 2 heterocycles. The molecule has 1 aliphatic heterocycles. The van der Waals surface area contributed by atoms with E-state index in [2.05, 4.69) is 20.6 Å². The van der Waals surface area contributed by atoms with Gasteiger partial charge in [0.15, 0.2) is 0 Å². The second kappa shape index (κ2) is 8.49. The van der Waals surface area contributed by atoms with Gasteiger partial charge in [-0.1, -0.05) is 0 Å². The van der Waals surface area contributed by atoms with Crippen LogP contribution >= 0.6 is 24.8 Å². The van der Waals surface area contributed by atoms with Gasteiger partial charge in [-0.05, 0) is 31.8 Å². The normalized spacial score (nSPS) is 15.9. The minimum atomic E-state index is -4.42. The Kier molecular flexibility index (Phi) is 8.15. The monoisotopic (exact) mass is 332 g/mol. The average molecular weight is 333 g/mol. The standard InChI is InChI=1S/C11H15F3N4.2ClH/c12-11(13,14)9-5-10(18-7-17-9)16-6-8-1-3-15-4-2-8;;/h5,7-8,15H,1-4,6H2,(H,16,17,18);2*1H. The third kappa shape index (κ3) is 5.68. The Labute approximate surface area is 127 Å². The molecule has 20 heavy (non-hydrogen) atoms. The Bertz CT molecular complexity index is 397. The predicted octanol–water partition coefficient (Wildman–Crippen LogP) is 2.75. The smallest absolute Gasteiger partial charge is 0.370 e. The summed E-state index contributed by atoms with van der Waals surface area (Å²) in [7, 11) is 0. The van der Waals surface area contributed by atoms with E-state index in [1.54, 1.807) is 0 Å². The predicted molar refractivity (Wildman–Crippen MR) is 75.6 cm³/mol. The first-order valence-corrected chi connectivity index (χ1v) is 5.89. The van der Waals surface area contributed by atoms with Crippen LogP contribution in [0.3, 0.4) is 0 Å². The molecule has 2 rings (SSSR count). The van der Waals surface area contributed by atoms with E-state index in [0.29, 0.717) is 12.5 Å². The minimum Gasteiger partial charge on any atom is -0.370 e. The van der Waals surface area contributed by atoms with E-state index in [1.165, 1.54) is 0 Å². The van der Waals surface area contributed by atoms with Gasteiger partial charge in [0.05, 0.1) is 0 Å². The van der Waals surface area contributed by atoms with Crippen molar-refractivity contribution >= 4 is 30.6 Å². The summed E-state index contributed by atoms with van der Waals surface area (Å²) in [4.78, 5) is 7.02. The fourth-order valence-electron chi connectivity index (χ4n) is 1.94. The van der Waals surface area contributed by atoms with Crippen molar-refractivity contribution in [3.8, 4) is 0 Å². The number of halogens is 5. The number of nitrogens with zero attached hydrogens (tertiary/aromatic N) is 2. The number of aromatic nitrogens is 2. The zero-order chi connectivity index (χ0) is 13.0. The summed E-state index contributed by atoms with van der Waals surface area (Å²) >= 11 is 0. The first-order valence-electron chi connectivity index (χ1n) is 5.89. The van der Waals surface area contributed by atoms with Crippen LogP contribution in [0.4, 0.5) is 19.0 Å². The maximum Gasteiger partial charge on any atom is 0.433 e. The van der Waals surface area contributed by atoms with Crippen molar-refractivity contribution < 1.29 is 13.2 Å². The molecular formula is C11H17Cl2F3N4. The summed E-state index contributed by atoms with van der Waals surface area (Å²) in [6.07, 6.45) is -1.42. The van der Waals surface area contributed by atoms with Crippen molar-refractivity contribution in [3.63, 3.8) is 0 Å². The van der Waals surface area contributed by atoms with Gasteiger partial charge in [0.25, 0.3) is 0 Å². The number of alkyl halides is 3. The van der Waals surface area contributed by atoms with Gasteiger partial charge >= 0.3 is 6.18 Å². The molecule has 4 nitrogen and oxygen atoms in total. The zero-order valence-electron chi connectivity index (χ0n) is 10.6. The van der Waals surface area contributed by atoms with Crippen LogP contribution in [0.2, 0.25) is 0 Å². The molecule has 0 amide bonds. The van der Waals surface area contributed by atoms with Gasteiger partial charge in [-0.25, -0.2) is 9.97 Å². The third-order valence-electron chi connectivity index (χ3n) is 2.99. The molecule has 0 atom stereocenters. The molecule has 0 unspecified atom stereocenters. The van der Waals surface area contributed by atoms with Gasteiger partial charge in [0.2, 0.25) is 0 Å². The summed E-state index contributed by atoms with van der Waals surface area (Å²) in [5.41, 5.74) is -0.912. The molecule has 116 valence electrons. The van der Waals surface area contributed by atoms with Crippen LogP contribution in [0.1, 0.15) is 18.5 Å². The molecule has 9 heteroatoms. The Hall–Kier alpha value is -0.790. The molecule has 0 bridgehead atoms. The van der Waals surface area contributed by atoms with Crippen molar-refractivity contribution in [2.75, 3.05) is 25.0 Å². The highest BCUT2D eigenvalue weighted by Gasteiger charge is 2.32. The first kappa shape index (κ1) is 19.2. The van der Waals surface area contributed by atoms with Gasteiger partial charge < -0.3 is 10.6 Å². The lowest BCUT2D eigenvalue weighted by atomic mass is 9.98. The summed E-state index contributed by atoms with van der Waals surface area (Å²) < 4.78 is 37.3. The van der Waals surface area contributed by atoms with Gasteiger partial charge in [0.1, 0.15) is 17.8 Å². The van der Waals surface area contributed by atoms with Crippen LogP contribution < -0.4 is 10.6 Å². The van der Waals surface area contributed by atoms with Gasteiger partial charge in [-0.2, -0.15) is 13.2 Å². The first-order chi connectivity index (χ1) is 8.55. The Balaban J connectivity index is 0.00000180. The summed E-state index contributed by atoms with van der Waals surface area (Å²) in [6.45, 7) is 2.57. The van der Waals surface area contributed by atoms with Crippen LogP contribution in [0.15, 0.2) is 12.4 Å². The van der Waals surface area contributed by atoms with Crippen LogP contribution in [0, 0.1) is 5.92 Å². The number of hydrogen-bond acceptors (Lipinski definition) is 4. The van der Waals surface area contributed by atoms with Gasteiger partial charge in [-0.3, -0.25) is 0 Å². The summed E-state index contributed by atoms with van der Waals surface area (Å²) in [6, 6.07) is 0.946. The maximum absolute atomic E-state index is 12.4. The number of nitrogens with one attached hydrogen (secondary N) is 2. The van der Waals surface area contributed by atoms with Crippen LogP contribution in [0.5, 0.6) is 0 Å². The second-order valence-corrected chi connectivity index (χ2v) is 4.36. The van der Waals surface area contributed by atoms with Crippen molar-refractivity contribution in [1.29, 1.82) is 0 Å². The largest absolute Gasteiger partial charge is 0.433 e. The second-order valence-electron chi connectivity index (χ2n) is 4.36. The third-order valence-corrected chi connectivity index (χ3v) is 2.99. The molecule has 1 aromatic rings. The molecule has 1 aromatic heterocycles. The number of hydrogen-bond donors (Lipinski definition) is 2. The van der Waals surface area contributed by atoms with E-state index in [-0.39, 0.29) is 30.6 Å². The fraction of sp³-hybridized carbons (Fsp3) is 0.636. The topological polar surface area (TPSA) is 49.8 Å². The van der Waals surface area contributed by atoms with E-state index in [0.717, 1.165) is 38.3 Å². The molecular weight excluding hydrogens is 316 g/mol. The lowest BCUT2D eigenvalue weighted by Crippen LogP contribution is -2.31. The Morgan fingerprint density at radius 3 is 2.45 bits per heavy atom. The van der Waals surface area contributed by atoms with Crippen molar-refractivity contribution in [3.05, 3.63) is 18.1 Å². The Morgan fingerprint density at radius 2 is 1.85 bits per heavy atom. The van der Waals surface area contributed by atoms with Gasteiger partial charge in [0, 0.05) is 12.6 Å². The van der Waals surface area contributed by atoms with E-state index < -0.39 is 11.9 Å². The molecule has 1 aliphatic rings. The van der Waals surface area contributed by atoms with Crippen LogP contribution in [0.25, 0.3) is 0 Å². The highest BCUT2D eigenvalue weighted by molar-refractivity contribution is 5.85. The minimum absolute atomic E-state index is 0. The highest BCUT2D eigenvalue weighted by Crippen LogP contribution is 2.28. The van der Waals surface area contributed by atoms with E-state index in [1.807, 2.05) is 0 Å². The Morgan fingerprint density at radius 1 is 1.20 bits per heavy atom. The molecule has 0 aromatic carbocycles. The molecule has 0 spiro atoms. The average Bonchev–Trinajstić information content (AvgIpc) is 2.37. The lowest BCUT2D eigenvalue weighted by molar-refractivity contribution is -0.141. The van der Waals surface area contributed by atoms with E-state index in [4.69, 9.17) is 0 Å². The van der Waals surface area contributed by atoms with E-state index >= 15 is 0 Å².